The van der Waals surface area contributed by atoms with Crippen LogP contribution >= 0.6 is 11.6 Å². The minimum atomic E-state index is -1.04. The van der Waals surface area contributed by atoms with E-state index in [-0.39, 0.29) is 11.5 Å². The highest BCUT2D eigenvalue weighted by molar-refractivity contribution is 6.32. The van der Waals surface area contributed by atoms with E-state index < -0.39 is 5.97 Å². The van der Waals surface area contributed by atoms with Gasteiger partial charge in [0, 0.05) is 19.0 Å². The van der Waals surface area contributed by atoms with E-state index in [1.807, 2.05) is 13.0 Å². The standard InChI is InChI=1S/C17H18ClNO4/c1-9(11-5-6-14(22-4)13(18)7-11)16-12(17(20)21)8-15(23-16)10(2)19-3/h5-9H,1-4H3,(H,20,21). The molecule has 1 unspecified atom stereocenters. The van der Waals surface area contributed by atoms with Gasteiger partial charge in [0.15, 0.2) is 0 Å². The van der Waals surface area contributed by atoms with Gasteiger partial charge in [0.05, 0.1) is 17.8 Å². The van der Waals surface area contributed by atoms with Crippen molar-refractivity contribution in [2.24, 2.45) is 4.99 Å². The highest BCUT2D eigenvalue weighted by Crippen LogP contribution is 2.34. The molecule has 2 rings (SSSR count). The Morgan fingerprint density at radius 2 is 2.09 bits per heavy atom. The summed E-state index contributed by atoms with van der Waals surface area (Å²) in [7, 11) is 3.17. The molecule has 1 N–H and O–H groups in total. The third kappa shape index (κ3) is 3.40. The van der Waals surface area contributed by atoms with Crippen LogP contribution in [0.3, 0.4) is 0 Å². The zero-order chi connectivity index (χ0) is 17.1. The fourth-order valence-corrected chi connectivity index (χ4v) is 2.55. The topological polar surface area (TPSA) is 72.0 Å². The molecule has 23 heavy (non-hydrogen) atoms. The van der Waals surface area contributed by atoms with E-state index in [1.54, 1.807) is 33.2 Å². The van der Waals surface area contributed by atoms with Gasteiger partial charge in [-0.2, -0.15) is 0 Å². The number of carboxylic acids is 1. The average Bonchev–Trinajstić information content (AvgIpc) is 2.98. The molecule has 0 fully saturated rings. The number of hydrogen-bond acceptors (Lipinski definition) is 4. The summed E-state index contributed by atoms with van der Waals surface area (Å²) >= 11 is 6.15. The number of ether oxygens (including phenoxy) is 1. The zero-order valence-corrected chi connectivity index (χ0v) is 14.1. The monoisotopic (exact) mass is 335 g/mol. The lowest BCUT2D eigenvalue weighted by Gasteiger charge is -2.12. The van der Waals surface area contributed by atoms with Crippen LogP contribution in [-0.2, 0) is 0 Å². The van der Waals surface area contributed by atoms with Gasteiger partial charge in [-0.05, 0) is 24.6 Å². The number of nitrogens with zero attached hydrogens (tertiary/aromatic N) is 1. The molecular formula is C17H18ClNO4. The minimum absolute atomic E-state index is 0.127. The first kappa shape index (κ1) is 17.1. The van der Waals surface area contributed by atoms with Crippen LogP contribution < -0.4 is 4.74 Å². The van der Waals surface area contributed by atoms with E-state index in [4.69, 9.17) is 20.8 Å². The quantitative estimate of drug-likeness (QED) is 0.830. The van der Waals surface area contributed by atoms with Crippen molar-refractivity contribution in [3.05, 3.63) is 51.9 Å². The fraction of sp³-hybridized carbons (Fsp3) is 0.294. The van der Waals surface area contributed by atoms with Crippen LogP contribution in [0.2, 0.25) is 5.02 Å². The van der Waals surface area contributed by atoms with Crippen LogP contribution in [0.1, 0.15) is 47.2 Å². The van der Waals surface area contributed by atoms with E-state index in [0.717, 1.165) is 5.56 Å². The number of aromatic carboxylic acids is 1. The summed E-state index contributed by atoms with van der Waals surface area (Å²) in [6.45, 7) is 3.63. The number of hydrogen-bond donors (Lipinski definition) is 1. The summed E-state index contributed by atoms with van der Waals surface area (Å²) in [5.74, 6) is 0.0755. The molecule has 0 saturated heterocycles. The van der Waals surface area contributed by atoms with Gasteiger partial charge in [0.25, 0.3) is 0 Å². The van der Waals surface area contributed by atoms with Crippen molar-refractivity contribution in [2.75, 3.05) is 14.2 Å². The van der Waals surface area contributed by atoms with Crippen molar-refractivity contribution in [1.29, 1.82) is 0 Å². The van der Waals surface area contributed by atoms with Gasteiger partial charge in [-0.15, -0.1) is 0 Å². The molecule has 0 bridgehead atoms. The average molecular weight is 336 g/mol. The first-order chi connectivity index (χ1) is 10.9. The molecule has 2 aromatic rings. The lowest BCUT2D eigenvalue weighted by atomic mass is 9.96. The van der Waals surface area contributed by atoms with Gasteiger partial charge in [-0.1, -0.05) is 24.6 Å². The maximum atomic E-state index is 11.5. The molecule has 6 heteroatoms. The van der Waals surface area contributed by atoms with Crippen molar-refractivity contribution in [3.8, 4) is 5.75 Å². The Bertz CT molecular complexity index is 764. The molecule has 0 saturated carbocycles. The Labute approximate surface area is 139 Å². The predicted molar refractivity (Wildman–Crippen MR) is 89.3 cm³/mol. The second-order valence-electron chi connectivity index (χ2n) is 5.12. The summed E-state index contributed by atoms with van der Waals surface area (Å²) in [5.41, 5.74) is 1.60. The van der Waals surface area contributed by atoms with Gasteiger partial charge in [-0.25, -0.2) is 4.79 Å². The molecule has 1 aromatic carbocycles. The Hall–Kier alpha value is -2.27. The summed E-state index contributed by atoms with van der Waals surface area (Å²) in [4.78, 5) is 15.5. The Balaban J connectivity index is 2.49. The highest BCUT2D eigenvalue weighted by atomic mass is 35.5. The largest absolute Gasteiger partial charge is 0.495 e. The molecule has 5 nitrogen and oxygen atoms in total. The van der Waals surface area contributed by atoms with E-state index in [0.29, 0.717) is 28.0 Å². The highest BCUT2D eigenvalue weighted by Gasteiger charge is 2.24. The van der Waals surface area contributed by atoms with Crippen LogP contribution in [0.15, 0.2) is 33.7 Å². The van der Waals surface area contributed by atoms with Crippen molar-refractivity contribution in [3.63, 3.8) is 0 Å². The molecule has 0 aliphatic rings. The Kier molecular flexibility index (Phi) is 5.11. The zero-order valence-electron chi connectivity index (χ0n) is 13.4. The Morgan fingerprint density at radius 3 is 2.61 bits per heavy atom. The SMILES string of the molecule is CN=C(C)c1cc(C(=O)O)c(C(C)c2ccc(OC)c(Cl)c2)o1. The molecule has 0 aliphatic carbocycles. The fourth-order valence-electron chi connectivity index (χ4n) is 2.29. The lowest BCUT2D eigenvalue weighted by molar-refractivity contribution is 0.0694. The maximum Gasteiger partial charge on any atom is 0.339 e. The summed E-state index contributed by atoms with van der Waals surface area (Å²) in [5, 5.41) is 9.88. The lowest BCUT2D eigenvalue weighted by Crippen LogP contribution is -2.03. The number of aliphatic imine (C=N–C) groups is 1. The first-order valence-electron chi connectivity index (χ1n) is 7.03. The number of benzene rings is 1. The smallest absolute Gasteiger partial charge is 0.339 e. The van der Waals surface area contributed by atoms with Crippen molar-refractivity contribution in [1.82, 2.24) is 0 Å². The maximum absolute atomic E-state index is 11.5. The van der Waals surface area contributed by atoms with Crippen LogP contribution in [0.5, 0.6) is 5.75 Å². The van der Waals surface area contributed by atoms with Crippen LogP contribution in [-0.4, -0.2) is 30.9 Å². The van der Waals surface area contributed by atoms with Gasteiger partial charge >= 0.3 is 5.97 Å². The molecule has 0 aliphatic heterocycles. The molecule has 0 amide bonds. The number of carbonyl (C=O) groups is 1. The molecule has 0 radical (unpaired) electrons. The molecule has 1 atom stereocenters. The summed E-state index contributed by atoms with van der Waals surface area (Å²) < 4.78 is 10.9. The number of rotatable bonds is 5. The third-order valence-electron chi connectivity index (χ3n) is 3.75. The van der Waals surface area contributed by atoms with E-state index in [9.17, 15) is 9.90 Å². The van der Waals surface area contributed by atoms with Gasteiger partial charge in [0.2, 0.25) is 0 Å². The van der Waals surface area contributed by atoms with Crippen molar-refractivity contribution in [2.45, 2.75) is 19.8 Å². The van der Waals surface area contributed by atoms with Gasteiger partial charge < -0.3 is 14.3 Å². The Morgan fingerprint density at radius 1 is 1.39 bits per heavy atom. The minimum Gasteiger partial charge on any atom is -0.495 e. The van der Waals surface area contributed by atoms with Gasteiger partial charge in [0.1, 0.15) is 22.8 Å². The predicted octanol–water partition coefficient (Wildman–Crippen LogP) is 4.23. The first-order valence-corrected chi connectivity index (χ1v) is 7.41. The third-order valence-corrected chi connectivity index (χ3v) is 4.05. The molecular weight excluding hydrogens is 318 g/mol. The number of carboxylic acid groups (broad SMARTS) is 1. The van der Waals surface area contributed by atoms with E-state index in [2.05, 4.69) is 4.99 Å². The van der Waals surface area contributed by atoms with E-state index in [1.165, 1.54) is 6.07 Å². The van der Waals surface area contributed by atoms with Crippen LogP contribution in [0.4, 0.5) is 0 Å². The van der Waals surface area contributed by atoms with Crippen LogP contribution in [0.25, 0.3) is 0 Å². The van der Waals surface area contributed by atoms with E-state index >= 15 is 0 Å². The number of furan rings is 1. The van der Waals surface area contributed by atoms with Crippen molar-refractivity contribution >= 4 is 23.3 Å². The van der Waals surface area contributed by atoms with Crippen molar-refractivity contribution < 1.29 is 19.1 Å². The second-order valence-corrected chi connectivity index (χ2v) is 5.53. The molecule has 1 aromatic heterocycles. The molecule has 122 valence electrons. The second kappa shape index (κ2) is 6.87. The summed E-state index contributed by atoms with van der Waals surface area (Å²) in [6.07, 6.45) is 0. The number of methoxy groups -OCH3 is 1. The van der Waals surface area contributed by atoms with Crippen LogP contribution in [0, 0.1) is 0 Å². The molecule has 0 spiro atoms. The normalized spacial score (nSPS) is 13.0. The number of halogens is 1. The van der Waals surface area contributed by atoms with Gasteiger partial charge in [-0.3, -0.25) is 4.99 Å². The molecule has 1 heterocycles. The summed E-state index contributed by atoms with van der Waals surface area (Å²) in [6, 6.07) is 6.84.